The van der Waals surface area contributed by atoms with Crippen molar-refractivity contribution < 1.29 is 14.3 Å². The Morgan fingerprint density at radius 1 is 1.23 bits per heavy atom. The van der Waals surface area contributed by atoms with Crippen molar-refractivity contribution in [3.8, 4) is 0 Å². The summed E-state index contributed by atoms with van der Waals surface area (Å²) in [7, 11) is 0. The van der Waals surface area contributed by atoms with Gasteiger partial charge in [-0.3, -0.25) is 0 Å². The summed E-state index contributed by atoms with van der Waals surface area (Å²) >= 11 is 4.30. The van der Waals surface area contributed by atoms with Gasteiger partial charge in [0, 0.05) is 6.54 Å². The highest BCUT2D eigenvalue weighted by molar-refractivity contribution is 14.1. The molecule has 2 atom stereocenters. The maximum atomic E-state index is 12.4. The van der Waals surface area contributed by atoms with E-state index >= 15 is 0 Å². The van der Waals surface area contributed by atoms with Crippen molar-refractivity contribution in [3.05, 3.63) is 35.4 Å². The first-order chi connectivity index (χ1) is 12.7. The number of rotatable bonds is 7. The number of halogens is 2. The summed E-state index contributed by atoms with van der Waals surface area (Å²) in [5.41, 5.74) is 2.14. The number of hydrogen-bond donors (Lipinski definition) is 0. The second-order valence-corrected chi connectivity index (χ2v) is 5.76. The van der Waals surface area contributed by atoms with E-state index in [2.05, 4.69) is 70.0 Å². The van der Waals surface area contributed by atoms with Gasteiger partial charge in [0.25, 0.3) is 0 Å². The second-order valence-electron chi connectivity index (χ2n) is 5.76. The van der Waals surface area contributed by atoms with Gasteiger partial charge in [0.15, 0.2) is 6.10 Å². The lowest BCUT2D eigenvalue weighted by Gasteiger charge is -2.26. The molecule has 0 radical (unpaired) electrons. The summed E-state index contributed by atoms with van der Waals surface area (Å²) in [5, 5.41) is 0. The van der Waals surface area contributed by atoms with Gasteiger partial charge in [0.05, 0.1) is 6.61 Å². The summed E-state index contributed by atoms with van der Waals surface area (Å²) < 4.78 is 11.2. The third-order valence-corrected chi connectivity index (χ3v) is 4.27. The number of carbonyl (C=O) groups excluding carboxylic acids is 1. The van der Waals surface area contributed by atoms with E-state index in [1.807, 2.05) is 35.0 Å². The lowest BCUT2D eigenvalue weighted by molar-refractivity contribution is -0.163. The lowest BCUT2D eigenvalue weighted by Crippen LogP contribution is -2.30. The lowest BCUT2D eigenvalue weighted by atomic mass is 9.98. The molecule has 0 aliphatic carbocycles. The number of carbonyl (C=O) groups is 1. The van der Waals surface area contributed by atoms with Crippen molar-refractivity contribution >= 4 is 51.2 Å². The maximum absolute atomic E-state index is 12.4. The van der Waals surface area contributed by atoms with Crippen molar-refractivity contribution in [3.63, 3.8) is 0 Å². The molecule has 26 heavy (non-hydrogen) atoms. The van der Waals surface area contributed by atoms with Crippen LogP contribution in [0.15, 0.2) is 24.3 Å². The first-order valence-electron chi connectivity index (χ1n) is 9.03. The van der Waals surface area contributed by atoms with E-state index in [-0.39, 0.29) is 12.1 Å². The third kappa shape index (κ3) is 8.84. The number of ether oxygens (including phenoxy) is 2. The maximum Gasteiger partial charge on any atom is 0.340 e. The van der Waals surface area contributed by atoms with Crippen LogP contribution < -0.4 is 0 Å². The van der Waals surface area contributed by atoms with Gasteiger partial charge < -0.3 is 14.4 Å². The van der Waals surface area contributed by atoms with Gasteiger partial charge in [-0.1, -0.05) is 83.3 Å². The SMILES string of the molecule is CCN(CC)CCC(C)OC(=O)C1OCCc2ccccc21.CI.CI. The Balaban J connectivity index is 0.00000146. The van der Waals surface area contributed by atoms with Crippen molar-refractivity contribution in [2.45, 2.75) is 45.8 Å². The molecule has 0 aromatic heterocycles. The topological polar surface area (TPSA) is 38.8 Å². The van der Waals surface area contributed by atoms with Crippen LogP contribution in [0.25, 0.3) is 0 Å². The zero-order valence-corrected chi connectivity index (χ0v) is 20.9. The van der Waals surface area contributed by atoms with Gasteiger partial charge in [-0.25, -0.2) is 4.79 Å². The van der Waals surface area contributed by atoms with E-state index in [1.54, 1.807) is 0 Å². The van der Waals surface area contributed by atoms with Crippen LogP contribution in [-0.4, -0.2) is 53.1 Å². The molecule has 1 heterocycles. The fourth-order valence-electron chi connectivity index (χ4n) is 2.81. The van der Waals surface area contributed by atoms with Crippen LogP contribution in [-0.2, 0) is 20.7 Å². The van der Waals surface area contributed by atoms with Crippen LogP contribution in [0.2, 0.25) is 0 Å². The smallest absolute Gasteiger partial charge is 0.340 e. The largest absolute Gasteiger partial charge is 0.460 e. The van der Waals surface area contributed by atoms with E-state index in [0.29, 0.717) is 6.61 Å². The number of nitrogens with zero attached hydrogens (tertiary/aromatic N) is 1. The van der Waals surface area contributed by atoms with Gasteiger partial charge in [-0.15, -0.1) is 0 Å². The minimum absolute atomic E-state index is 0.0919. The average molecular weight is 589 g/mol. The van der Waals surface area contributed by atoms with Crippen molar-refractivity contribution in [2.75, 3.05) is 36.1 Å². The molecule has 0 amide bonds. The number of alkyl halides is 2. The molecule has 0 saturated heterocycles. The molecule has 0 bridgehead atoms. The number of esters is 1. The highest BCUT2D eigenvalue weighted by Crippen LogP contribution is 2.28. The standard InChI is InChI=1S/C18H27NO3.2CH3I/c1-4-19(5-2)12-10-14(3)22-18(20)17-16-9-7-6-8-15(16)11-13-21-17;2*1-2/h6-9,14,17H,4-5,10-13H2,1-3H3;2*1H3. The second kappa shape index (κ2) is 16.1. The molecule has 2 rings (SSSR count). The molecule has 1 aromatic rings. The van der Waals surface area contributed by atoms with E-state index in [0.717, 1.165) is 38.0 Å². The van der Waals surface area contributed by atoms with Gasteiger partial charge in [0.1, 0.15) is 6.10 Å². The quantitative estimate of drug-likeness (QED) is 0.253. The molecule has 0 saturated carbocycles. The third-order valence-electron chi connectivity index (χ3n) is 4.27. The molecule has 0 spiro atoms. The normalized spacial score (nSPS) is 16.4. The van der Waals surface area contributed by atoms with Crippen LogP contribution in [0.3, 0.4) is 0 Å². The Hall–Kier alpha value is 0.0700. The fraction of sp³-hybridized carbons (Fsp3) is 0.650. The van der Waals surface area contributed by atoms with E-state index in [9.17, 15) is 4.79 Å². The Labute approximate surface area is 186 Å². The van der Waals surface area contributed by atoms with E-state index in [1.165, 1.54) is 5.56 Å². The van der Waals surface area contributed by atoms with Gasteiger partial charge in [-0.2, -0.15) is 0 Å². The van der Waals surface area contributed by atoms with E-state index in [4.69, 9.17) is 9.47 Å². The molecule has 4 nitrogen and oxygen atoms in total. The zero-order chi connectivity index (χ0) is 19.9. The minimum Gasteiger partial charge on any atom is -0.460 e. The Morgan fingerprint density at radius 3 is 2.46 bits per heavy atom. The predicted molar refractivity (Wildman–Crippen MR) is 127 cm³/mol. The highest BCUT2D eigenvalue weighted by Gasteiger charge is 2.29. The van der Waals surface area contributed by atoms with Crippen molar-refractivity contribution in [2.24, 2.45) is 0 Å². The zero-order valence-electron chi connectivity index (χ0n) is 16.6. The summed E-state index contributed by atoms with van der Waals surface area (Å²) in [6.07, 6.45) is 1.05. The number of fused-ring (bicyclic) bond motifs is 1. The van der Waals surface area contributed by atoms with E-state index < -0.39 is 6.10 Å². The minimum atomic E-state index is -0.569. The highest BCUT2D eigenvalue weighted by atomic mass is 127. The van der Waals surface area contributed by atoms with Gasteiger partial charge in [-0.05, 0) is 53.8 Å². The molecule has 1 aromatic carbocycles. The molecule has 0 fully saturated rings. The Kier molecular flexibility index (Phi) is 16.1. The number of benzene rings is 1. The molecule has 1 aliphatic rings. The van der Waals surface area contributed by atoms with Crippen molar-refractivity contribution in [1.82, 2.24) is 4.90 Å². The average Bonchev–Trinajstić information content (AvgIpc) is 2.71. The summed E-state index contributed by atoms with van der Waals surface area (Å²) in [6, 6.07) is 7.96. The van der Waals surface area contributed by atoms with Crippen LogP contribution in [0.1, 0.15) is 44.4 Å². The first kappa shape index (κ1) is 26.1. The molecule has 0 N–H and O–H groups in total. The Bertz CT molecular complexity index is 496. The van der Waals surface area contributed by atoms with Crippen LogP contribution >= 0.6 is 45.2 Å². The molecular weight excluding hydrogens is 556 g/mol. The van der Waals surface area contributed by atoms with Crippen molar-refractivity contribution in [1.29, 1.82) is 0 Å². The van der Waals surface area contributed by atoms with Crippen LogP contribution in [0, 0.1) is 0 Å². The van der Waals surface area contributed by atoms with Crippen LogP contribution in [0.4, 0.5) is 0 Å². The summed E-state index contributed by atoms with van der Waals surface area (Å²) in [5.74, 6) is -0.265. The molecule has 1 aliphatic heterocycles. The Morgan fingerprint density at radius 2 is 1.85 bits per heavy atom. The van der Waals surface area contributed by atoms with Gasteiger partial charge >= 0.3 is 5.97 Å². The molecule has 150 valence electrons. The van der Waals surface area contributed by atoms with Crippen LogP contribution in [0.5, 0.6) is 0 Å². The molecule has 6 heteroatoms. The summed E-state index contributed by atoms with van der Waals surface area (Å²) in [4.78, 5) is 18.7. The summed E-state index contributed by atoms with van der Waals surface area (Å²) in [6.45, 7) is 9.82. The van der Waals surface area contributed by atoms with Gasteiger partial charge in [0.2, 0.25) is 0 Å². The number of hydrogen-bond acceptors (Lipinski definition) is 4. The monoisotopic (exact) mass is 589 g/mol. The fourth-order valence-corrected chi connectivity index (χ4v) is 2.81. The molecular formula is C20H33I2NO3. The molecule has 2 unspecified atom stereocenters. The first-order valence-corrected chi connectivity index (χ1v) is 13.3. The predicted octanol–water partition coefficient (Wildman–Crippen LogP) is 5.07.